The van der Waals surface area contributed by atoms with E-state index in [-0.39, 0.29) is 17.5 Å². The molecule has 0 fully saturated rings. The van der Waals surface area contributed by atoms with Crippen LogP contribution in [0.15, 0.2) is 60.8 Å². The second-order valence-electron chi connectivity index (χ2n) is 5.83. The fourth-order valence-electron chi connectivity index (χ4n) is 3.20. The summed E-state index contributed by atoms with van der Waals surface area (Å²) in [5, 5.41) is 4.40. The van der Waals surface area contributed by atoms with Gasteiger partial charge in [0, 0.05) is 6.42 Å². The van der Waals surface area contributed by atoms with Gasteiger partial charge in [0.2, 0.25) is 0 Å². The number of carbonyl (C=O) groups is 1. The Labute approximate surface area is 133 Å². The Hall–Kier alpha value is -2.75. The van der Waals surface area contributed by atoms with Gasteiger partial charge in [-0.3, -0.25) is 4.79 Å². The van der Waals surface area contributed by atoms with Gasteiger partial charge in [-0.15, -0.1) is 0 Å². The Kier molecular flexibility index (Phi) is 3.30. The highest BCUT2D eigenvalue weighted by Crippen LogP contribution is 2.33. The fraction of sp³-hybridized carbons (Fsp3) is 0.158. The summed E-state index contributed by atoms with van der Waals surface area (Å²) in [6.07, 6.45) is 2.83. The number of fused-ring (bicyclic) bond motifs is 1. The number of hydrogen-bond acceptors (Lipinski definition) is 2. The zero-order valence-electron chi connectivity index (χ0n) is 12.4. The molecule has 0 radical (unpaired) electrons. The van der Waals surface area contributed by atoms with Crippen LogP contribution in [0.1, 0.15) is 34.0 Å². The second kappa shape index (κ2) is 5.47. The van der Waals surface area contributed by atoms with E-state index in [2.05, 4.69) is 5.10 Å². The smallest absolute Gasteiger partial charge is 0.166 e. The lowest BCUT2D eigenvalue weighted by molar-refractivity contribution is 0.0964. The Morgan fingerprint density at radius 1 is 1.00 bits per heavy atom. The first kappa shape index (κ1) is 13.9. The van der Waals surface area contributed by atoms with Crippen molar-refractivity contribution < 1.29 is 9.18 Å². The highest BCUT2D eigenvalue weighted by atomic mass is 19.1. The monoisotopic (exact) mass is 306 g/mol. The number of aromatic nitrogens is 2. The van der Waals surface area contributed by atoms with Crippen molar-refractivity contribution in [2.45, 2.75) is 18.8 Å². The van der Waals surface area contributed by atoms with Crippen molar-refractivity contribution in [3.63, 3.8) is 0 Å². The van der Waals surface area contributed by atoms with E-state index in [0.29, 0.717) is 12.0 Å². The zero-order chi connectivity index (χ0) is 15.8. The van der Waals surface area contributed by atoms with Gasteiger partial charge in [-0.05, 0) is 42.2 Å². The number of rotatable bonds is 2. The van der Waals surface area contributed by atoms with Gasteiger partial charge in [-0.2, -0.15) is 5.10 Å². The molecule has 0 saturated heterocycles. The lowest BCUT2D eigenvalue weighted by Gasteiger charge is -2.23. The molecule has 0 amide bonds. The average Bonchev–Trinajstić information content (AvgIpc) is 3.01. The Morgan fingerprint density at radius 3 is 2.48 bits per heavy atom. The maximum atomic E-state index is 13.1. The number of ketones is 1. The van der Waals surface area contributed by atoms with Gasteiger partial charge in [-0.25, -0.2) is 9.07 Å². The minimum atomic E-state index is -0.258. The molecule has 1 aromatic heterocycles. The van der Waals surface area contributed by atoms with Gasteiger partial charge in [0.05, 0.1) is 23.1 Å². The summed E-state index contributed by atoms with van der Waals surface area (Å²) < 4.78 is 15.0. The molecule has 1 atom stereocenters. The van der Waals surface area contributed by atoms with Gasteiger partial charge in [-0.1, -0.05) is 30.3 Å². The minimum Gasteiger partial charge on any atom is -0.294 e. The third-order valence-electron chi connectivity index (χ3n) is 4.38. The maximum Gasteiger partial charge on any atom is 0.166 e. The second-order valence-corrected chi connectivity index (χ2v) is 5.83. The molecule has 114 valence electrons. The number of benzene rings is 2. The van der Waals surface area contributed by atoms with Crippen LogP contribution in [0.5, 0.6) is 0 Å². The van der Waals surface area contributed by atoms with Crippen LogP contribution < -0.4 is 0 Å². The summed E-state index contributed by atoms with van der Waals surface area (Å²) in [4.78, 5) is 12.5. The molecule has 2 aromatic carbocycles. The molecule has 1 heterocycles. The van der Waals surface area contributed by atoms with E-state index in [1.165, 1.54) is 12.1 Å². The molecule has 0 aliphatic heterocycles. The largest absolute Gasteiger partial charge is 0.294 e. The predicted octanol–water partition coefficient (Wildman–Crippen LogP) is 3.92. The SMILES string of the molecule is O=C1C[C@H](c2ccc(F)cc2)Cc2c1cnn2-c1ccccc1. The van der Waals surface area contributed by atoms with Crippen LogP contribution in [0, 0.1) is 5.82 Å². The predicted molar refractivity (Wildman–Crippen MR) is 85.4 cm³/mol. The first-order valence-corrected chi connectivity index (χ1v) is 7.63. The van der Waals surface area contributed by atoms with Crippen LogP contribution in [-0.2, 0) is 6.42 Å². The molecular formula is C19H15FN2O. The number of halogens is 1. The van der Waals surface area contributed by atoms with Crippen LogP contribution in [0.2, 0.25) is 0 Å². The highest BCUT2D eigenvalue weighted by Gasteiger charge is 2.30. The van der Waals surface area contributed by atoms with Crippen molar-refractivity contribution in [1.29, 1.82) is 0 Å². The van der Waals surface area contributed by atoms with Crippen molar-refractivity contribution in [3.8, 4) is 5.69 Å². The molecule has 4 heteroatoms. The van der Waals surface area contributed by atoms with Gasteiger partial charge in [0.25, 0.3) is 0 Å². The summed E-state index contributed by atoms with van der Waals surface area (Å²) in [7, 11) is 0. The minimum absolute atomic E-state index is 0.0646. The van der Waals surface area contributed by atoms with E-state index in [0.717, 1.165) is 23.4 Å². The summed E-state index contributed by atoms with van der Waals surface area (Å²) >= 11 is 0. The maximum absolute atomic E-state index is 13.1. The van der Waals surface area contributed by atoms with E-state index in [9.17, 15) is 9.18 Å². The van der Waals surface area contributed by atoms with E-state index < -0.39 is 0 Å². The first-order valence-electron chi connectivity index (χ1n) is 7.63. The van der Waals surface area contributed by atoms with Crippen molar-refractivity contribution in [1.82, 2.24) is 9.78 Å². The van der Waals surface area contributed by atoms with Crippen LogP contribution in [-0.4, -0.2) is 15.6 Å². The molecule has 3 nitrogen and oxygen atoms in total. The number of hydrogen-bond donors (Lipinski definition) is 0. The molecule has 4 rings (SSSR count). The van der Waals surface area contributed by atoms with Crippen LogP contribution in [0.4, 0.5) is 4.39 Å². The zero-order valence-corrected chi connectivity index (χ0v) is 12.4. The van der Waals surface area contributed by atoms with Gasteiger partial charge < -0.3 is 0 Å². The number of nitrogens with zero attached hydrogens (tertiary/aromatic N) is 2. The quantitative estimate of drug-likeness (QED) is 0.719. The van der Waals surface area contributed by atoms with Gasteiger partial charge in [0.15, 0.2) is 5.78 Å². The van der Waals surface area contributed by atoms with Crippen LogP contribution >= 0.6 is 0 Å². The standard InChI is InChI=1S/C19H15FN2O/c20-15-8-6-13(7-9-15)14-10-18-17(19(23)11-14)12-21-22(18)16-4-2-1-3-5-16/h1-9,12,14H,10-11H2/t14-/m1/s1. The molecule has 0 spiro atoms. The first-order chi connectivity index (χ1) is 11.2. The van der Waals surface area contributed by atoms with E-state index in [1.54, 1.807) is 18.3 Å². The highest BCUT2D eigenvalue weighted by molar-refractivity contribution is 5.98. The van der Waals surface area contributed by atoms with Crippen LogP contribution in [0.25, 0.3) is 5.69 Å². The average molecular weight is 306 g/mol. The third-order valence-corrected chi connectivity index (χ3v) is 4.38. The fourth-order valence-corrected chi connectivity index (χ4v) is 3.20. The summed E-state index contributed by atoms with van der Waals surface area (Å²) in [6, 6.07) is 16.2. The van der Waals surface area contributed by atoms with E-state index in [4.69, 9.17) is 0 Å². The molecule has 23 heavy (non-hydrogen) atoms. The van der Waals surface area contributed by atoms with Crippen molar-refractivity contribution in [3.05, 3.63) is 83.4 Å². The molecule has 1 aliphatic carbocycles. The molecule has 1 aliphatic rings. The summed E-state index contributed by atoms with van der Waals surface area (Å²) in [5.41, 5.74) is 3.57. The summed E-state index contributed by atoms with van der Waals surface area (Å²) in [6.45, 7) is 0. The molecule has 0 saturated carbocycles. The van der Waals surface area contributed by atoms with Crippen LogP contribution in [0.3, 0.4) is 0 Å². The number of para-hydroxylation sites is 1. The molecular weight excluding hydrogens is 291 g/mol. The molecule has 0 bridgehead atoms. The molecule has 0 unspecified atom stereocenters. The third kappa shape index (κ3) is 2.46. The topological polar surface area (TPSA) is 34.9 Å². The Bertz CT molecular complexity index is 853. The van der Waals surface area contributed by atoms with E-state index >= 15 is 0 Å². The molecule has 0 N–H and O–H groups in total. The lowest BCUT2D eigenvalue weighted by Crippen LogP contribution is -2.20. The van der Waals surface area contributed by atoms with Crippen molar-refractivity contribution >= 4 is 5.78 Å². The lowest BCUT2D eigenvalue weighted by atomic mass is 9.82. The van der Waals surface area contributed by atoms with E-state index in [1.807, 2.05) is 35.0 Å². The van der Waals surface area contributed by atoms with Crippen molar-refractivity contribution in [2.75, 3.05) is 0 Å². The Balaban J connectivity index is 1.74. The normalized spacial score (nSPS) is 17.1. The number of carbonyl (C=O) groups excluding carboxylic acids is 1. The Morgan fingerprint density at radius 2 is 1.74 bits per heavy atom. The number of Topliss-reactive ketones (excluding diaryl/α,β-unsaturated/α-hetero) is 1. The van der Waals surface area contributed by atoms with Crippen molar-refractivity contribution in [2.24, 2.45) is 0 Å². The van der Waals surface area contributed by atoms with Gasteiger partial charge in [0.1, 0.15) is 5.82 Å². The molecule has 3 aromatic rings. The summed E-state index contributed by atoms with van der Waals surface area (Å²) in [5.74, 6) is -0.0941. The van der Waals surface area contributed by atoms with Gasteiger partial charge >= 0.3 is 0 Å².